The van der Waals surface area contributed by atoms with E-state index in [0.29, 0.717) is 12.0 Å². The number of amides is 1. The van der Waals surface area contributed by atoms with E-state index in [9.17, 15) is 14.4 Å². The lowest BCUT2D eigenvalue weighted by molar-refractivity contribution is -0.137. The molecule has 6 nitrogen and oxygen atoms in total. The maximum absolute atomic E-state index is 13.3. The summed E-state index contributed by atoms with van der Waals surface area (Å²) in [6.45, 7) is 3.68. The van der Waals surface area contributed by atoms with Crippen LogP contribution < -0.4 is 5.32 Å². The Kier molecular flexibility index (Phi) is 6.12. The molecule has 2 N–H and O–H groups in total. The summed E-state index contributed by atoms with van der Waals surface area (Å²) in [5.74, 6) is -1.40. The Labute approximate surface area is 169 Å². The van der Waals surface area contributed by atoms with Crippen molar-refractivity contribution in [2.45, 2.75) is 32.7 Å². The van der Waals surface area contributed by atoms with Gasteiger partial charge in [-0.15, -0.1) is 0 Å². The fraction of sp³-hybridized carbons (Fsp3) is 0.261. The Hall–Kier alpha value is -3.41. The van der Waals surface area contributed by atoms with Crippen LogP contribution in [0.25, 0.3) is 0 Å². The lowest BCUT2D eigenvalue weighted by Gasteiger charge is -2.26. The molecule has 0 spiro atoms. The lowest BCUT2D eigenvalue weighted by atomic mass is 9.96. The van der Waals surface area contributed by atoms with E-state index >= 15 is 0 Å². The summed E-state index contributed by atoms with van der Waals surface area (Å²) >= 11 is 0. The standard InChI is InChI=1S/C23H24N2O4/c1-15-10-12-18(13-11-15)24-21-20(16(2)26)22(17-7-4-3-5-8-17)25(23(21)29)14-6-9-19(27)28/h3-5,7-8,10-13,22,24H,6,9,14H2,1-2H3,(H,27,28). The number of carboxylic acid groups (broad SMARTS) is 1. The molecule has 1 atom stereocenters. The van der Waals surface area contributed by atoms with Gasteiger partial charge in [0, 0.05) is 18.7 Å². The fourth-order valence-electron chi connectivity index (χ4n) is 3.55. The van der Waals surface area contributed by atoms with Gasteiger partial charge in [-0.25, -0.2) is 0 Å². The first-order valence-corrected chi connectivity index (χ1v) is 9.55. The van der Waals surface area contributed by atoms with Crippen LogP contribution in [-0.4, -0.2) is 34.2 Å². The van der Waals surface area contributed by atoms with Gasteiger partial charge in [-0.3, -0.25) is 14.4 Å². The first kappa shape index (κ1) is 20.3. The van der Waals surface area contributed by atoms with Crippen LogP contribution in [-0.2, 0) is 14.4 Å². The molecule has 2 aromatic carbocycles. The van der Waals surface area contributed by atoms with Gasteiger partial charge in [0.1, 0.15) is 5.70 Å². The Balaban J connectivity index is 2.01. The second-order valence-electron chi connectivity index (χ2n) is 7.14. The van der Waals surface area contributed by atoms with Crippen molar-refractivity contribution in [1.82, 2.24) is 4.90 Å². The van der Waals surface area contributed by atoms with Crippen LogP contribution in [0.3, 0.4) is 0 Å². The largest absolute Gasteiger partial charge is 0.481 e. The third kappa shape index (κ3) is 4.54. The van der Waals surface area contributed by atoms with Crippen molar-refractivity contribution in [3.63, 3.8) is 0 Å². The molecular weight excluding hydrogens is 368 g/mol. The Bertz CT molecular complexity index is 949. The number of ketones is 1. The summed E-state index contributed by atoms with van der Waals surface area (Å²) in [5.41, 5.74) is 3.29. The predicted octanol–water partition coefficient (Wildman–Crippen LogP) is 3.70. The summed E-state index contributed by atoms with van der Waals surface area (Å²) in [6.07, 6.45) is 0.273. The van der Waals surface area contributed by atoms with Gasteiger partial charge in [-0.1, -0.05) is 48.0 Å². The molecule has 29 heavy (non-hydrogen) atoms. The van der Waals surface area contributed by atoms with Crippen LogP contribution in [0.4, 0.5) is 5.69 Å². The second kappa shape index (κ2) is 8.73. The van der Waals surface area contributed by atoms with Crippen molar-refractivity contribution in [1.29, 1.82) is 0 Å². The molecular formula is C23H24N2O4. The minimum atomic E-state index is -0.911. The van der Waals surface area contributed by atoms with E-state index in [-0.39, 0.29) is 30.4 Å². The van der Waals surface area contributed by atoms with Gasteiger partial charge in [0.05, 0.1) is 11.6 Å². The molecule has 1 heterocycles. The fourth-order valence-corrected chi connectivity index (χ4v) is 3.55. The normalized spacial score (nSPS) is 16.3. The zero-order valence-electron chi connectivity index (χ0n) is 16.5. The van der Waals surface area contributed by atoms with E-state index in [2.05, 4.69) is 5.32 Å². The van der Waals surface area contributed by atoms with Crippen LogP contribution in [0.15, 0.2) is 65.9 Å². The van der Waals surface area contributed by atoms with Crippen molar-refractivity contribution in [2.75, 3.05) is 11.9 Å². The molecule has 0 saturated carbocycles. The zero-order chi connectivity index (χ0) is 21.0. The monoisotopic (exact) mass is 392 g/mol. The van der Waals surface area contributed by atoms with E-state index in [1.54, 1.807) is 4.90 Å². The molecule has 0 radical (unpaired) electrons. The number of benzene rings is 2. The van der Waals surface area contributed by atoms with Crippen LogP contribution in [0.5, 0.6) is 0 Å². The van der Waals surface area contributed by atoms with Gasteiger partial charge >= 0.3 is 5.97 Å². The first-order chi connectivity index (χ1) is 13.9. The molecule has 0 aliphatic carbocycles. The predicted molar refractivity (Wildman–Crippen MR) is 110 cm³/mol. The van der Waals surface area contributed by atoms with Crippen molar-refractivity contribution < 1.29 is 19.5 Å². The lowest BCUT2D eigenvalue weighted by Crippen LogP contribution is -2.32. The molecule has 6 heteroatoms. The number of carboxylic acids is 1. The third-order valence-electron chi connectivity index (χ3n) is 4.93. The molecule has 0 fully saturated rings. The van der Waals surface area contributed by atoms with Crippen molar-refractivity contribution >= 4 is 23.3 Å². The van der Waals surface area contributed by atoms with E-state index in [1.807, 2.05) is 61.5 Å². The number of hydrogen-bond donors (Lipinski definition) is 2. The number of aliphatic carboxylic acids is 1. The van der Waals surface area contributed by atoms with E-state index in [1.165, 1.54) is 6.92 Å². The highest BCUT2D eigenvalue weighted by atomic mass is 16.4. The van der Waals surface area contributed by atoms with E-state index in [0.717, 1.165) is 16.8 Å². The average molecular weight is 392 g/mol. The van der Waals surface area contributed by atoms with Crippen LogP contribution in [0, 0.1) is 6.92 Å². The number of anilines is 1. The summed E-state index contributed by atoms with van der Waals surface area (Å²) in [6, 6.07) is 16.4. The summed E-state index contributed by atoms with van der Waals surface area (Å²) in [7, 11) is 0. The van der Waals surface area contributed by atoms with Gasteiger partial charge in [0.2, 0.25) is 0 Å². The topological polar surface area (TPSA) is 86.7 Å². The number of rotatable bonds is 8. The van der Waals surface area contributed by atoms with Crippen LogP contribution >= 0.6 is 0 Å². The van der Waals surface area contributed by atoms with Gasteiger partial charge < -0.3 is 15.3 Å². The Morgan fingerprint density at radius 1 is 1.07 bits per heavy atom. The van der Waals surface area contributed by atoms with Gasteiger partial charge in [-0.2, -0.15) is 0 Å². The smallest absolute Gasteiger partial charge is 0.303 e. The molecule has 1 aliphatic rings. The number of carbonyl (C=O) groups excluding carboxylic acids is 2. The highest BCUT2D eigenvalue weighted by Crippen LogP contribution is 2.39. The summed E-state index contributed by atoms with van der Waals surface area (Å²) in [5, 5.41) is 12.1. The van der Waals surface area contributed by atoms with Gasteiger partial charge in [-0.05, 0) is 38.0 Å². The van der Waals surface area contributed by atoms with Crippen molar-refractivity contribution in [3.8, 4) is 0 Å². The third-order valence-corrected chi connectivity index (χ3v) is 4.93. The maximum Gasteiger partial charge on any atom is 0.303 e. The van der Waals surface area contributed by atoms with Gasteiger partial charge in [0.15, 0.2) is 5.78 Å². The molecule has 0 aromatic heterocycles. The van der Waals surface area contributed by atoms with Crippen LogP contribution in [0.1, 0.15) is 36.9 Å². The Morgan fingerprint density at radius 2 is 1.72 bits per heavy atom. The minimum absolute atomic E-state index is 0.0403. The Morgan fingerprint density at radius 3 is 2.31 bits per heavy atom. The molecule has 0 saturated heterocycles. The molecule has 2 aromatic rings. The summed E-state index contributed by atoms with van der Waals surface area (Å²) < 4.78 is 0. The second-order valence-corrected chi connectivity index (χ2v) is 7.14. The number of nitrogens with one attached hydrogen (secondary N) is 1. The quantitative estimate of drug-likeness (QED) is 0.715. The number of carbonyl (C=O) groups is 3. The highest BCUT2D eigenvalue weighted by molar-refractivity contribution is 6.11. The molecule has 150 valence electrons. The molecule has 1 aliphatic heterocycles. The van der Waals surface area contributed by atoms with Crippen molar-refractivity contribution in [3.05, 3.63) is 77.0 Å². The molecule has 1 amide bonds. The zero-order valence-corrected chi connectivity index (χ0v) is 16.5. The number of hydrogen-bond acceptors (Lipinski definition) is 4. The number of nitrogens with zero attached hydrogens (tertiary/aromatic N) is 1. The SMILES string of the molecule is CC(=O)C1=C(Nc2ccc(C)cc2)C(=O)N(CCCC(=O)O)C1c1ccccc1. The van der Waals surface area contributed by atoms with E-state index in [4.69, 9.17) is 5.11 Å². The highest BCUT2D eigenvalue weighted by Gasteiger charge is 2.41. The van der Waals surface area contributed by atoms with Crippen molar-refractivity contribution in [2.24, 2.45) is 0 Å². The molecule has 0 bridgehead atoms. The van der Waals surface area contributed by atoms with Crippen LogP contribution in [0.2, 0.25) is 0 Å². The van der Waals surface area contributed by atoms with E-state index < -0.39 is 12.0 Å². The molecule has 1 unspecified atom stereocenters. The maximum atomic E-state index is 13.3. The van der Waals surface area contributed by atoms with Gasteiger partial charge in [0.25, 0.3) is 5.91 Å². The average Bonchev–Trinajstić information content (AvgIpc) is 2.96. The summed E-state index contributed by atoms with van der Waals surface area (Å²) in [4.78, 5) is 38.4. The minimum Gasteiger partial charge on any atom is -0.481 e. The number of Topliss-reactive ketones (excluding diaryl/α,β-unsaturated/α-hetero) is 1. The first-order valence-electron chi connectivity index (χ1n) is 9.55. The number of aryl methyl sites for hydroxylation is 1. The molecule has 3 rings (SSSR count).